The van der Waals surface area contributed by atoms with E-state index in [-0.39, 0.29) is 25.5 Å². The number of carboxylic acid groups (broad SMARTS) is 1. The van der Waals surface area contributed by atoms with E-state index >= 15 is 0 Å². The van der Waals surface area contributed by atoms with Crippen molar-refractivity contribution < 1.29 is 29.0 Å². The Hall–Kier alpha value is -3.82. The quantitative estimate of drug-likeness (QED) is 0.252. The van der Waals surface area contributed by atoms with Gasteiger partial charge in [-0.1, -0.05) is 36.8 Å². The predicted octanol–water partition coefficient (Wildman–Crippen LogP) is 2.58. The van der Waals surface area contributed by atoms with Gasteiger partial charge in [0.25, 0.3) is 5.91 Å². The van der Waals surface area contributed by atoms with Gasteiger partial charge in [-0.25, -0.2) is 4.79 Å². The van der Waals surface area contributed by atoms with Gasteiger partial charge in [-0.3, -0.25) is 14.4 Å². The van der Waals surface area contributed by atoms with E-state index < -0.39 is 24.0 Å². The molecule has 10 heteroatoms. The standard InChI is InChI=1S/C24H32N4O6/c29-21(30)13-5-2-6-14-26-22(31)20(28-23(32)19-11-7-15-25-19)12-8-16-27-24(33)34-17-18-9-3-1-4-10-18/h1,3-4,7,9-11,15,20,25H,2,5-6,8,12-14,16-17H2,(H,26,31)(H,27,33)(H,28,32)(H,29,30)/t20-/m0/s1. The van der Waals surface area contributed by atoms with Crippen molar-refractivity contribution in [2.75, 3.05) is 13.1 Å². The van der Waals surface area contributed by atoms with Crippen molar-refractivity contribution in [1.29, 1.82) is 0 Å². The third-order valence-electron chi connectivity index (χ3n) is 4.98. The van der Waals surface area contributed by atoms with Gasteiger partial charge in [0.05, 0.1) is 0 Å². The van der Waals surface area contributed by atoms with E-state index in [9.17, 15) is 19.2 Å². The second kappa shape index (κ2) is 15.1. The van der Waals surface area contributed by atoms with Crippen LogP contribution in [-0.2, 0) is 20.9 Å². The number of hydrogen-bond acceptors (Lipinski definition) is 5. The Balaban J connectivity index is 1.74. The Bertz CT molecular complexity index is 901. The van der Waals surface area contributed by atoms with Gasteiger partial charge >= 0.3 is 12.1 Å². The molecule has 0 fully saturated rings. The van der Waals surface area contributed by atoms with Crippen LogP contribution in [0.15, 0.2) is 48.7 Å². The number of alkyl carbamates (subject to hydrolysis) is 1. The number of aromatic amines is 1. The summed E-state index contributed by atoms with van der Waals surface area (Å²) in [6, 6.07) is 11.8. The summed E-state index contributed by atoms with van der Waals surface area (Å²) in [5.41, 5.74) is 1.22. The number of amides is 3. The highest BCUT2D eigenvalue weighted by Crippen LogP contribution is 2.04. The van der Waals surface area contributed by atoms with Crippen LogP contribution in [0.1, 0.15) is 54.6 Å². The van der Waals surface area contributed by atoms with E-state index in [1.807, 2.05) is 30.3 Å². The van der Waals surface area contributed by atoms with Crippen LogP contribution in [0.2, 0.25) is 0 Å². The first-order valence-electron chi connectivity index (χ1n) is 11.3. The SMILES string of the molecule is O=C(O)CCCCCNC(=O)[C@H](CCCNC(=O)OCc1ccccc1)NC(=O)c1ccc[nH]1. The topological polar surface area (TPSA) is 150 Å². The molecule has 0 spiro atoms. The van der Waals surface area contributed by atoms with Crippen molar-refractivity contribution >= 4 is 23.9 Å². The average molecular weight is 473 g/mol. The lowest BCUT2D eigenvalue weighted by Crippen LogP contribution is -2.47. The van der Waals surface area contributed by atoms with E-state index in [0.717, 1.165) is 5.56 Å². The van der Waals surface area contributed by atoms with Crippen LogP contribution in [0.25, 0.3) is 0 Å². The molecule has 0 saturated carbocycles. The van der Waals surface area contributed by atoms with Crippen molar-refractivity contribution in [3.8, 4) is 0 Å². The molecule has 0 aliphatic carbocycles. The third kappa shape index (κ3) is 10.7. The molecule has 1 heterocycles. The number of benzene rings is 1. The minimum Gasteiger partial charge on any atom is -0.481 e. The van der Waals surface area contributed by atoms with E-state index in [1.165, 1.54) is 0 Å². The zero-order valence-electron chi connectivity index (χ0n) is 19.0. The summed E-state index contributed by atoms with van der Waals surface area (Å²) in [6.45, 7) is 0.832. The molecule has 5 N–H and O–H groups in total. The number of carbonyl (C=O) groups excluding carboxylic acids is 3. The second-order valence-corrected chi connectivity index (χ2v) is 7.74. The predicted molar refractivity (Wildman–Crippen MR) is 125 cm³/mol. The molecule has 1 aromatic heterocycles. The lowest BCUT2D eigenvalue weighted by molar-refractivity contribution is -0.137. The summed E-state index contributed by atoms with van der Waals surface area (Å²) >= 11 is 0. The summed E-state index contributed by atoms with van der Waals surface area (Å²) < 4.78 is 5.16. The Morgan fingerprint density at radius 1 is 0.912 bits per heavy atom. The lowest BCUT2D eigenvalue weighted by Gasteiger charge is -2.18. The third-order valence-corrected chi connectivity index (χ3v) is 4.98. The van der Waals surface area contributed by atoms with E-state index in [2.05, 4.69) is 20.9 Å². The van der Waals surface area contributed by atoms with Crippen LogP contribution in [0, 0.1) is 0 Å². The summed E-state index contributed by atoms with van der Waals surface area (Å²) in [5.74, 6) is -1.57. The molecule has 2 aromatic rings. The molecule has 10 nitrogen and oxygen atoms in total. The van der Waals surface area contributed by atoms with Gasteiger partial charge in [-0.05, 0) is 43.4 Å². The summed E-state index contributed by atoms with van der Waals surface area (Å²) in [4.78, 5) is 50.3. The van der Waals surface area contributed by atoms with Gasteiger partial charge < -0.3 is 30.8 Å². The molecule has 0 saturated heterocycles. The number of nitrogens with one attached hydrogen (secondary N) is 4. The number of unbranched alkanes of at least 4 members (excludes halogenated alkanes) is 2. The van der Waals surface area contributed by atoms with Crippen LogP contribution in [-0.4, -0.2) is 53.1 Å². The van der Waals surface area contributed by atoms with Crippen LogP contribution in [0.5, 0.6) is 0 Å². The molecule has 1 atom stereocenters. The van der Waals surface area contributed by atoms with Crippen molar-refractivity contribution in [2.45, 2.75) is 51.2 Å². The van der Waals surface area contributed by atoms with Crippen LogP contribution >= 0.6 is 0 Å². The van der Waals surface area contributed by atoms with Crippen molar-refractivity contribution in [1.82, 2.24) is 20.9 Å². The molecule has 34 heavy (non-hydrogen) atoms. The fraction of sp³-hybridized carbons (Fsp3) is 0.417. The molecule has 0 bridgehead atoms. The van der Waals surface area contributed by atoms with Crippen LogP contribution < -0.4 is 16.0 Å². The number of carboxylic acids is 1. The highest BCUT2D eigenvalue weighted by molar-refractivity contribution is 5.96. The first kappa shape index (κ1) is 26.4. The van der Waals surface area contributed by atoms with Crippen molar-refractivity contribution in [3.05, 3.63) is 59.9 Å². The monoisotopic (exact) mass is 472 g/mol. The highest BCUT2D eigenvalue weighted by Gasteiger charge is 2.21. The minimum atomic E-state index is -0.839. The zero-order valence-corrected chi connectivity index (χ0v) is 19.0. The molecular weight excluding hydrogens is 440 g/mol. The van der Waals surface area contributed by atoms with Gasteiger partial charge in [0.2, 0.25) is 5.91 Å². The molecule has 3 amide bonds. The van der Waals surface area contributed by atoms with E-state index in [1.54, 1.807) is 18.3 Å². The smallest absolute Gasteiger partial charge is 0.407 e. The maximum Gasteiger partial charge on any atom is 0.407 e. The summed E-state index contributed by atoms with van der Waals surface area (Å²) in [7, 11) is 0. The fourth-order valence-electron chi connectivity index (χ4n) is 3.16. The Morgan fingerprint density at radius 2 is 1.68 bits per heavy atom. The van der Waals surface area contributed by atoms with Gasteiger partial charge in [0.15, 0.2) is 0 Å². The fourth-order valence-corrected chi connectivity index (χ4v) is 3.16. The highest BCUT2D eigenvalue weighted by atomic mass is 16.5. The molecule has 0 radical (unpaired) electrons. The van der Waals surface area contributed by atoms with Crippen LogP contribution in [0.3, 0.4) is 0 Å². The summed E-state index contributed by atoms with van der Waals surface area (Å²) in [6.07, 6.45) is 3.80. The second-order valence-electron chi connectivity index (χ2n) is 7.74. The largest absolute Gasteiger partial charge is 0.481 e. The number of ether oxygens (including phenoxy) is 1. The summed E-state index contributed by atoms with van der Waals surface area (Å²) in [5, 5.41) is 16.8. The van der Waals surface area contributed by atoms with Gasteiger partial charge in [0, 0.05) is 25.7 Å². The number of carbonyl (C=O) groups is 4. The number of hydrogen-bond donors (Lipinski definition) is 5. The number of aliphatic carboxylic acids is 1. The molecule has 0 aliphatic rings. The normalized spacial score (nSPS) is 11.3. The Morgan fingerprint density at radius 3 is 2.38 bits per heavy atom. The van der Waals surface area contributed by atoms with Crippen molar-refractivity contribution in [3.63, 3.8) is 0 Å². The first-order valence-corrected chi connectivity index (χ1v) is 11.3. The molecule has 1 aromatic carbocycles. The molecule has 184 valence electrons. The van der Waals surface area contributed by atoms with Crippen molar-refractivity contribution in [2.24, 2.45) is 0 Å². The Kier molecular flexibility index (Phi) is 11.7. The number of H-pyrrole nitrogens is 1. The molecular formula is C24H32N4O6. The van der Waals surface area contributed by atoms with Gasteiger partial charge in [-0.2, -0.15) is 0 Å². The lowest BCUT2D eigenvalue weighted by atomic mass is 10.1. The first-order chi connectivity index (χ1) is 16.5. The van der Waals surface area contributed by atoms with E-state index in [4.69, 9.17) is 9.84 Å². The van der Waals surface area contributed by atoms with Gasteiger partial charge in [0.1, 0.15) is 18.3 Å². The van der Waals surface area contributed by atoms with Crippen LogP contribution in [0.4, 0.5) is 4.79 Å². The molecule has 0 unspecified atom stereocenters. The average Bonchev–Trinajstić information content (AvgIpc) is 3.37. The number of aromatic nitrogens is 1. The minimum absolute atomic E-state index is 0.101. The van der Waals surface area contributed by atoms with Gasteiger partial charge in [-0.15, -0.1) is 0 Å². The van der Waals surface area contributed by atoms with E-state index in [0.29, 0.717) is 44.3 Å². The zero-order chi connectivity index (χ0) is 24.6. The number of rotatable bonds is 15. The molecule has 0 aliphatic heterocycles. The maximum atomic E-state index is 12.6. The Labute approximate surface area is 198 Å². The molecule has 2 rings (SSSR count). The maximum absolute atomic E-state index is 12.6.